The topological polar surface area (TPSA) is 35.6 Å². The van der Waals surface area contributed by atoms with Crippen molar-refractivity contribution in [2.75, 3.05) is 0 Å². The van der Waals surface area contributed by atoms with Crippen molar-refractivity contribution in [1.29, 1.82) is 0 Å². The Bertz CT molecular complexity index is 288. The van der Waals surface area contributed by atoms with Crippen LogP contribution in [0.4, 0.5) is 0 Å². The molecule has 0 aromatic carbocycles. The van der Waals surface area contributed by atoms with Crippen LogP contribution in [0, 0.1) is 6.92 Å². The quantitative estimate of drug-likeness (QED) is 0.657. The Hall–Kier alpha value is -1.58. The van der Waals surface area contributed by atoms with Crippen molar-refractivity contribution in [2.45, 2.75) is 6.17 Å². The average Bonchev–Trinajstić information content (AvgIpc) is 2.77. The molecule has 4 nitrogen and oxygen atoms in total. The minimum Gasteiger partial charge on any atom is -0.316 e. The van der Waals surface area contributed by atoms with E-state index in [2.05, 4.69) is 16.9 Å². The Morgan fingerprint density at radius 1 is 1.00 bits per heavy atom. The molecule has 0 spiro atoms. The molecule has 2 heterocycles. The number of rotatable bonds is 2. The minimum absolute atomic E-state index is 0.00463. The SMILES string of the molecule is [CH2]C(n1ccnc1)n1ccnc1. The van der Waals surface area contributed by atoms with Crippen molar-refractivity contribution < 1.29 is 0 Å². The summed E-state index contributed by atoms with van der Waals surface area (Å²) in [5, 5.41) is 0. The fourth-order valence-corrected chi connectivity index (χ4v) is 1.05. The van der Waals surface area contributed by atoms with Gasteiger partial charge in [-0.3, -0.25) is 0 Å². The van der Waals surface area contributed by atoms with Gasteiger partial charge < -0.3 is 9.13 Å². The second-order valence-electron chi connectivity index (χ2n) is 2.50. The molecule has 61 valence electrons. The van der Waals surface area contributed by atoms with Crippen LogP contribution < -0.4 is 0 Å². The fourth-order valence-electron chi connectivity index (χ4n) is 1.05. The first-order chi connectivity index (χ1) is 5.88. The second-order valence-corrected chi connectivity index (χ2v) is 2.50. The van der Waals surface area contributed by atoms with Gasteiger partial charge in [0.2, 0.25) is 0 Å². The monoisotopic (exact) mass is 161 g/mol. The summed E-state index contributed by atoms with van der Waals surface area (Å²) in [6.07, 6.45) is 10.7. The molecule has 0 fully saturated rings. The Morgan fingerprint density at radius 3 is 1.83 bits per heavy atom. The number of aromatic nitrogens is 4. The molecule has 0 aliphatic carbocycles. The number of imidazole rings is 2. The van der Waals surface area contributed by atoms with Crippen molar-refractivity contribution in [1.82, 2.24) is 19.1 Å². The molecule has 12 heavy (non-hydrogen) atoms. The van der Waals surface area contributed by atoms with E-state index in [-0.39, 0.29) is 6.17 Å². The Labute approximate surface area is 70.5 Å². The Balaban J connectivity index is 2.27. The van der Waals surface area contributed by atoms with Gasteiger partial charge in [0.25, 0.3) is 0 Å². The normalized spacial score (nSPS) is 10.8. The van der Waals surface area contributed by atoms with Gasteiger partial charge in [-0.2, -0.15) is 0 Å². The zero-order chi connectivity index (χ0) is 8.39. The van der Waals surface area contributed by atoms with Gasteiger partial charge in [0.15, 0.2) is 0 Å². The number of hydrogen-bond donors (Lipinski definition) is 0. The van der Waals surface area contributed by atoms with E-state index in [4.69, 9.17) is 0 Å². The summed E-state index contributed by atoms with van der Waals surface area (Å²) in [6, 6.07) is 0. The molecule has 0 saturated heterocycles. The molecule has 0 N–H and O–H groups in total. The third-order valence-corrected chi connectivity index (χ3v) is 1.74. The van der Waals surface area contributed by atoms with E-state index in [1.54, 1.807) is 25.0 Å². The predicted octanol–water partition coefficient (Wildman–Crippen LogP) is 0.961. The highest BCUT2D eigenvalue weighted by molar-refractivity contribution is 4.87. The van der Waals surface area contributed by atoms with Crippen molar-refractivity contribution in [3.05, 3.63) is 44.4 Å². The minimum atomic E-state index is -0.00463. The van der Waals surface area contributed by atoms with E-state index >= 15 is 0 Å². The zero-order valence-corrected chi connectivity index (χ0v) is 6.54. The molecule has 0 saturated carbocycles. The van der Waals surface area contributed by atoms with Crippen LogP contribution >= 0.6 is 0 Å². The molecule has 0 amide bonds. The highest BCUT2D eigenvalue weighted by Gasteiger charge is 2.03. The molecule has 1 radical (unpaired) electrons. The van der Waals surface area contributed by atoms with Gasteiger partial charge in [-0.1, -0.05) is 0 Å². The van der Waals surface area contributed by atoms with Crippen molar-refractivity contribution in [3.8, 4) is 0 Å². The van der Waals surface area contributed by atoms with Crippen molar-refractivity contribution in [2.24, 2.45) is 0 Å². The van der Waals surface area contributed by atoms with E-state index in [1.807, 2.05) is 21.5 Å². The van der Waals surface area contributed by atoms with Crippen molar-refractivity contribution in [3.63, 3.8) is 0 Å². The van der Waals surface area contributed by atoms with Crippen LogP contribution in [-0.4, -0.2) is 19.1 Å². The molecule has 0 aliphatic rings. The summed E-state index contributed by atoms with van der Waals surface area (Å²) in [4.78, 5) is 7.88. The average molecular weight is 161 g/mol. The van der Waals surface area contributed by atoms with Gasteiger partial charge in [0.1, 0.15) is 6.17 Å². The maximum Gasteiger partial charge on any atom is 0.112 e. The van der Waals surface area contributed by atoms with Gasteiger partial charge in [-0.05, 0) is 6.92 Å². The van der Waals surface area contributed by atoms with Crippen LogP contribution in [0.2, 0.25) is 0 Å². The highest BCUT2D eigenvalue weighted by atomic mass is 15.2. The number of nitrogens with zero attached hydrogens (tertiary/aromatic N) is 4. The Kier molecular flexibility index (Phi) is 1.66. The number of hydrogen-bond acceptors (Lipinski definition) is 2. The largest absolute Gasteiger partial charge is 0.316 e. The van der Waals surface area contributed by atoms with Crippen LogP contribution in [-0.2, 0) is 0 Å². The molecular weight excluding hydrogens is 152 g/mol. The summed E-state index contributed by atoms with van der Waals surface area (Å²) in [6.45, 7) is 3.97. The summed E-state index contributed by atoms with van der Waals surface area (Å²) in [7, 11) is 0. The van der Waals surface area contributed by atoms with E-state index in [9.17, 15) is 0 Å². The summed E-state index contributed by atoms with van der Waals surface area (Å²) < 4.78 is 3.81. The third kappa shape index (κ3) is 1.11. The first-order valence-electron chi connectivity index (χ1n) is 3.66. The van der Waals surface area contributed by atoms with E-state index < -0.39 is 0 Å². The van der Waals surface area contributed by atoms with E-state index in [0.29, 0.717) is 0 Å². The smallest absolute Gasteiger partial charge is 0.112 e. The predicted molar refractivity (Wildman–Crippen MR) is 44.2 cm³/mol. The molecule has 4 heteroatoms. The summed E-state index contributed by atoms with van der Waals surface area (Å²) in [5.74, 6) is 0. The van der Waals surface area contributed by atoms with Crippen LogP contribution in [0.5, 0.6) is 0 Å². The first-order valence-corrected chi connectivity index (χ1v) is 3.66. The second kappa shape index (κ2) is 2.81. The molecule has 0 bridgehead atoms. The van der Waals surface area contributed by atoms with Crippen molar-refractivity contribution >= 4 is 0 Å². The molecule has 0 unspecified atom stereocenters. The molecule has 0 atom stereocenters. The molecule has 2 rings (SSSR count). The maximum absolute atomic E-state index is 3.97. The standard InChI is InChI=1S/C8H9N4/c1-8(11-4-2-9-6-11)12-5-3-10-7-12/h2-8H,1H2. The van der Waals surface area contributed by atoms with Gasteiger partial charge in [0, 0.05) is 24.8 Å². The Morgan fingerprint density at radius 2 is 1.50 bits per heavy atom. The van der Waals surface area contributed by atoms with E-state index in [1.165, 1.54) is 0 Å². The highest BCUT2D eigenvalue weighted by Crippen LogP contribution is 2.06. The van der Waals surface area contributed by atoms with Crippen LogP contribution in [0.3, 0.4) is 0 Å². The zero-order valence-electron chi connectivity index (χ0n) is 6.54. The molecule has 0 aliphatic heterocycles. The van der Waals surface area contributed by atoms with Crippen LogP contribution in [0.15, 0.2) is 37.4 Å². The van der Waals surface area contributed by atoms with Gasteiger partial charge in [-0.15, -0.1) is 0 Å². The molecule has 2 aromatic rings. The lowest BCUT2D eigenvalue weighted by Crippen LogP contribution is -2.11. The van der Waals surface area contributed by atoms with E-state index in [0.717, 1.165) is 0 Å². The van der Waals surface area contributed by atoms with Crippen LogP contribution in [0.1, 0.15) is 6.17 Å². The van der Waals surface area contributed by atoms with Crippen LogP contribution in [0.25, 0.3) is 0 Å². The third-order valence-electron chi connectivity index (χ3n) is 1.74. The lowest BCUT2D eigenvalue weighted by molar-refractivity contribution is 0.515. The lowest BCUT2D eigenvalue weighted by Gasteiger charge is -2.13. The maximum atomic E-state index is 3.97. The summed E-state index contributed by atoms with van der Waals surface area (Å²) in [5.41, 5.74) is 0. The van der Waals surface area contributed by atoms with Gasteiger partial charge in [-0.25, -0.2) is 9.97 Å². The molecular formula is C8H9N4. The molecule has 2 aromatic heterocycles. The van der Waals surface area contributed by atoms with Gasteiger partial charge in [0.05, 0.1) is 12.7 Å². The lowest BCUT2D eigenvalue weighted by atomic mass is 10.5. The first kappa shape index (κ1) is 7.09. The summed E-state index contributed by atoms with van der Waals surface area (Å²) >= 11 is 0. The van der Waals surface area contributed by atoms with Gasteiger partial charge >= 0.3 is 0 Å². The fraction of sp³-hybridized carbons (Fsp3) is 0.125.